The van der Waals surface area contributed by atoms with E-state index in [9.17, 15) is 9.59 Å². The summed E-state index contributed by atoms with van der Waals surface area (Å²) < 4.78 is 1.88. The number of nitrogens with one attached hydrogen (secondary N) is 1. The summed E-state index contributed by atoms with van der Waals surface area (Å²) in [5, 5.41) is 11.7. The van der Waals surface area contributed by atoms with Crippen molar-refractivity contribution in [1.82, 2.24) is 24.6 Å². The Morgan fingerprint density at radius 3 is 2.61 bits per heavy atom. The molecule has 1 aliphatic heterocycles. The lowest BCUT2D eigenvalue weighted by molar-refractivity contribution is -0.132. The van der Waals surface area contributed by atoms with Crippen LogP contribution in [0.5, 0.6) is 0 Å². The second-order valence-corrected chi connectivity index (χ2v) is 8.41. The molecule has 3 aromatic rings. The number of carbonyl (C=O) groups is 2. The molecule has 8 nitrogen and oxygen atoms in total. The van der Waals surface area contributed by atoms with Gasteiger partial charge in [0.2, 0.25) is 11.8 Å². The number of amides is 2. The third-order valence-corrected chi connectivity index (χ3v) is 6.22. The molecule has 0 aliphatic carbocycles. The molecular weight excluding hydrogens is 412 g/mol. The number of thioether (sulfide) groups is 1. The zero-order chi connectivity index (χ0) is 21.6. The standard InChI is InChI=1S/C22H24N6O2S/c1-16-5-7-18(8-6-16)28-15-24-26-22(28)31-14-20(29)27-12-9-17(10-13-27)21(30)25-19-4-2-3-11-23-19/h2-8,11,15,17H,9-10,12-14H2,1H3,(H,23,25,30). The summed E-state index contributed by atoms with van der Waals surface area (Å²) in [5.41, 5.74) is 2.14. The lowest BCUT2D eigenvalue weighted by Gasteiger charge is -2.31. The highest BCUT2D eigenvalue weighted by Crippen LogP contribution is 2.23. The Hall–Kier alpha value is -3.20. The summed E-state index contributed by atoms with van der Waals surface area (Å²) in [7, 11) is 0. The van der Waals surface area contributed by atoms with Crippen LogP contribution in [0.1, 0.15) is 18.4 Å². The summed E-state index contributed by atoms with van der Waals surface area (Å²) in [6.07, 6.45) is 4.60. The Morgan fingerprint density at radius 1 is 1.13 bits per heavy atom. The molecule has 0 radical (unpaired) electrons. The molecule has 9 heteroatoms. The predicted octanol–water partition coefficient (Wildman–Crippen LogP) is 2.94. The van der Waals surface area contributed by atoms with E-state index in [0.717, 1.165) is 5.69 Å². The molecule has 1 aromatic carbocycles. The molecule has 4 rings (SSSR count). The Bertz CT molecular complexity index is 1030. The fourth-order valence-corrected chi connectivity index (χ4v) is 4.31. The van der Waals surface area contributed by atoms with E-state index in [2.05, 4.69) is 20.5 Å². The number of benzene rings is 1. The lowest BCUT2D eigenvalue weighted by Crippen LogP contribution is -2.42. The van der Waals surface area contributed by atoms with E-state index >= 15 is 0 Å². The van der Waals surface area contributed by atoms with Gasteiger partial charge in [-0.15, -0.1) is 10.2 Å². The first-order chi connectivity index (χ1) is 15.1. The number of hydrogen-bond donors (Lipinski definition) is 1. The van der Waals surface area contributed by atoms with Crippen LogP contribution in [0.15, 0.2) is 60.1 Å². The van der Waals surface area contributed by atoms with Gasteiger partial charge in [-0.2, -0.15) is 0 Å². The van der Waals surface area contributed by atoms with Crippen molar-refractivity contribution in [3.63, 3.8) is 0 Å². The molecule has 0 atom stereocenters. The van der Waals surface area contributed by atoms with Crippen molar-refractivity contribution < 1.29 is 9.59 Å². The second-order valence-electron chi connectivity index (χ2n) is 7.47. The van der Waals surface area contributed by atoms with Crippen LogP contribution in [0.2, 0.25) is 0 Å². The third kappa shape index (κ3) is 5.29. The number of aromatic nitrogens is 4. The van der Waals surface area contributed by atoms with Crippen LogP contribution in [-0.4, -0.2) is 55.3 Å². The Balaban J connectivity index is 1.27. The van der Waals surface area contributed by atoms with Crippen molar-refractivity contribution in [3.8, 4) is 5.69 Å². The first kappa shape index (κ1) is 21.0. The van der Waals surface area contributed by atoms with Crippen LogP contribution >= 0.6 is 11.8 Å². The average molecular weight is 437 g/mol. The molecule has 1 fully saturated rings. The first-order valence-corrected chi connectivity index (χ1v) is 11.2. The van der Waals surface area contributed by atoms with Gasteiger partial charge >= 0.3 is 0 Å². The third-order valence-electron chi connectivity index (χ3n) is 5.29. The highest BCUT2D eigenvalue weighted by Gasteiger charge is 2.27. The van der Waals surface area contributed by atoms with Crippen LogP contribution in [0.3, 0.4) is 0 Å². The molecule has 1 saturated heterocycles. The van der Waals surface area contributed by atoms with Crippen molar-refractivity contribution in [1.29, 1.82) is 0 Å². The molecular formula is C22H24N6O2S. The van der Waals surface area contributed by atoms with Gasteiger partial charge in [0.05, 0.1) is 5.75 Å². The average Bonchev–Trinajstić information content (AvgIpc) is 3.27. The predicted molar refractivity (Wildman–Crippen MR) is 119 cm³/mol. The van der Waals surface area contributed by atoms with Crippen LogP contribution in [0, 0.1) is 12.8 Å². The SMILES string of the molecule is Cc1ccc(-n2cnnc2SCC(=O)N2CCC(C(=O)Nc3ccccn3)CC2)cc1. The fraction of sp³-hybridized carbons (Fsp3) is 0.318. The summed E-state index contributed by atoms with van der Waals surface area (Å²) in [6, 6.07) is 13.5. The summed E-state index contributed by atoms with van der Waals surface area (Å²) in [6.45, 7) is 3.18. The summed E-state index contributed by atoms with van der Waals surface area (Å²) >= 11 is 1.37. The van der Waals surface area contributed by atoms with E-state index < -0.39 is 0 Å². The highest BCUT2D eigenvalue weighted by molar-refractivity contribution is 7.99. The van der Waals surface area contributed by atoms with Gasteiger partial charge in [-0.25, -0.2) is 4.98 Å². The first-order valence-electron chi connectivity index (χ1n) is 10.2. The van der Waals surface area contributed by atoms with Crippen molar-refractivity contribution in [2.75, 3.05) is 24.2 Å². The molecule has 0 saturated carbocycles. The van der Waals surface area contributed by atoms with Crippen LogP contribution in [-0.2, 0) is 9.59 Å². The van der Waals surface area contributed by atoms with E-state index in [1.807, 2.05) is 46.7 Å². The Labute approximate surface area is 185 Å². The van der Waals surface area contributed by atoms with Crippen molar-refractivity contribution in [2.24, 2.45) is 5.92 Å². The maximum Gasteiger partial charge on any atom is 0.233 e. The number of likely N-dealkylation sites (tertiary alicyclic amines) is 1. The Kier molecular flexibility index (Phi) is 6.61. The minimum absolute atomic E-state index is 0.0358. The van der Waals surface area contributed by atoms with Gasteiger partial charge in [-0.3, -0.25) is 14.2 Å². The van der Waals surface area contributed by atoms with Gasteiger partial charge in [0.1, 0.15) is 12.1 Å². The summed E-state index contributed by atoms with van der Waals surface area (Å²) in [4.78, 5) is 31.1. The molecule has 1 N–H and O–H groups in total. The molecule has 0 unspecified atom stereocenters. The highest BCUT2D eigenvalue weighted by atomic mass is 32.2. The number of nitrogens with zero attached hydrogens (tertiary/aromatic N) is 5. The van der Waals surface area contributed by atoms with Gasteiger partial charge < -0.3 is 10.2 Å². The van der Waals surface area contributed by atoms with Crippen molar-refractivity contribution in [3.05, 3.63) is 60.6 Å². The zero-order valence-electron chi connectivity index (χ0n) is 17.3. The largest absolute Gasteiger partial charge is 0.342 e. The molecule has 0 bridgehead atoms. The fourth-order valence-electron chi connectivity index (χ4n) is 3.48. The number of piperidine rings is 1. The molecule has 2 amide bonds. The molecule has 160 valence electrons. The maximum atomic E-state index is 12.7. The van der Waals surface area contributed by atoms with E-state index in [1.165, 1.54) is 17.3 Å². The number of aryl methyl sites for hydroxylation is 1. The topological polar surface area (TPSA) is 93.0 Å². The van der Waals surface area contributed by atoms with Gasteiger partial charge in [0, 0.05) is 30.9 Å². The van der Waals surface area contributed by atoms with Gasteiger partial charge in [-0.05, 0) is 44.0 Å². The lowest BCUT2D eigenvalue weighted by atomic mass is 9.96. The van der Waals surface area contributed by atoms with E-state index in [-0.39, 0.29) is 23.5 Å². The zero-order valence-corrected chi connectivity index (χ0v) is 18.1. The van der Waals surface area contributed by atoms with Gasteiger partial charge in [0.25, 0.3) is 0 Å². The number of anilines is 1. The van der Waals surface area contributed by atoms with Gasteiger partial charge in [-0.1, -0.05) is 35.5 Å². The smallest absolute Gasteiger partial charge is 0.233 e. The van der Waals surface area contributed by atoms with E-state index in [4.69, 9.17) is 0 Å². The van der Waals surface area contributed by atoms with Crippen LogP contribution in [0.25, 0.3) is 5.69 Å². The minimum Gasteiger partial charge on any atom is -0.342 e. The van der Waals surface area contributed by atoms with Crippen molar-refractivity contribution in [2.45, 2.75) is 24.9 Å². The number of rotatable bonds is 6. The molecule has 0 spiro atoms. The number of hydrogen-bond acceptors (Lipinski definition) is 6. The minimum atomic E-state index is -0.108. The second kappa shape index (κ2) is 9.74. The summed E-state index contributed by atoms with van der Waals surface area (Å²) in [5.74, 6) is 0.747. The van der Waals surface area contributed by atoms with Gasteiger partial charge in [0.15, 0.2) is 5.16 Å². The molecule has 1 aliphatic rings. The van der Waals surface area contributed by atoms with Crippen LogP contribution in [0.4, 0.5) is 5.82 Å². The van der Waals surface area contributed by atoms with Crippen LogP contribution < -0.4 is 5.32 Å². The normalized spacial score (nSPS) is 14.4. The number of pyridine rings is 1. The molecule has 2 aromatic heterocycles. The monoisotopic (exact) mass is 436 g/mol. The Morgan fingerprint density at radius 2 is 1.90 bits per heavy atom. The molecule has 3 heterocycles. The van der Waals surface area contributed by atoms with E-state index in [1.54, 1.807) is 24.7 Å². The maximum absolute atomic E-state index is 12.7. The van der Waals surface area contributed by atoms with E-state index in [0.29, 0.717) is 36.9 Å². The van der Waals surface area contributed by atoms with Crippen molar-refractivity contribution >= 4 is 29.4 Å². The quantitative estimate of drug-likeness (QED) is 0.597. The number of carbonyl (C=O) groups excluding carboxylic acids is 2. The molecule has 31 heavy (non-hydrogen) atoms.